The smallest absolute Gasteiger partial charge is 0.309 e. The van der Waals surface area contributed by atoms with Crippen molar-refractivity contribution in [2.75, 3.05) is 18.4 Å². The second-order valence-corrected chi connectivity index (χ2v) is 9.60. The molecule has 0 aliphatic carbocycles. The Balaban J connectivity index is 1.43. The summed E-state index contributed by atoms with van der Waals surface area (Å²) >= 11 is 10.5. The van der Waals surface area contributed by atoms with Crippen molar-refractivity contribution in [1.29, 1.82) is 0 Å². The van der Waals surface area contributed by atoms with Gasteiger partial charge in [-0.3, -0.25) is 28.8 Å². The van der Waals surface area contributed by atoms with E-state index in [1.807, 2.05) is 30.3 Å². The first-order valence-corrected chi connectivity index (χ1v) is 12.0. The van der Waals surface area contributed by atoms with Crippen LogP contribution in [-0.4, -0.2) is 50.9 Å². The lowest BCUT2D eigenvalue weighted by Crippen LogP contribution is -2.33. The van der Waals surface area contributed by atoms with Crippen LogP contribution in [0.25, 0.3) is 5.69 Å². The Morgan fingerprint density at radius 2 is 1.76 bits per heavy atom. The van der Waals surface area contributed by atoms with E-state index in [0.717, 1.165) is 29.9 Å². The van der Waals surface area contributed by atoms with Crippen LogP contribution in [0.15, 0.2) is 42.5 Å². The zero-order valence-corrected chi connectivity index (χ0v) is 20.8. The van der Waals surface area contributed by atoms with E-state index in [2.05, 4.69) is 41.5 Å². The Morgan fingerprint density at radius 1 is 1.12 bits per heavy atom. The third-order valence-electron chi connectivity index (χ3n) is 6.43. The summed E-state index contributed by atoms with van der Waals surface area (Å²) in [5, 5.41) is 17.9. The standard InChI is InChI=1S/C24H27N5O3S2/c1-15-6-3-7-16(2)22(15)29(14-19(29)13-21(31)32)11-5-10-20(30)25-17-8-4-9-18(12-17)28-23(33)26-27-24(28)34/h3-4,6-9,12,19H,5,10-11,13-14H2,1-2H3,(H3-,25,26,27,30,31,32,33,34)/p+1. The molecule has 3 aromatic rings. The second-order valence-electron chi connectivity index (χ2n) is 8.83. The molecule has 1 amide bonds. The van der Waals surface area contributed by atoms with Gasteiger partial charge < -0.3 is 10.4 Å². The van der Waals surface area contributed by atoms with Crippen LogP contribution in [0.5, 0.6) is 0 Å². The number of nitrogens with zero attached hydrogens (tertiary/aromatic N) is 2. The molecule has 1 fully saturated rings. The highest BCUT2D eigenvalue weighted by Crippen LogP contribution is 2.44. The third-order valence-corrected chi connectivity index (χ3v) is 7.00. The fourth-order valence-electron chi connectivity index (χ4n) is 4.95. The molecule has 8 nitrogen and oxygen atoms in total. The van der Waals surface area contributed by atoms with E-state index in [9.17, 15) is 14.7 Å². The Morgan fingerprint density at radius 3 is 2.41 bits per heavy atom. The molecule has 0 saturated carbocycles. The van der Waals surface area contributed by atoms with Crippen LogP contribution in [0.1, 0.15) is 30.4 Å². The van der Waals surface area contributed by atoms with Crippen molar-refractivity contribution in [3.63, 3.8) is 0 Å². The molecule has 34 heavy (non-hydrogen) atoms. The van der Waals surface area contributed by atoms with Gasteiger partial charge in [-0.05, 0) is 56.5 Å². The number of aryl methyl sites for hydroxylation is 2. The first kappa shape index (κ1) is 24.1. The van der Waals surface area contributed by atoms with Crippen molar-refractivity contribution < 1.29 is 14.7 Å². The number of aliphatic carboxylic acids is 1. The van der Waals surface area contributed by atoms with Crippen molar-refractivity contribution >= 4 is 47.7 Å². The van der Waals surface area contributed by atoms with Gasteiger partial charge in [0.05, 0.1) is 12.2 Å². The monoisotopic (exact) mass is 498 g/mol. The lowest BCUT2D eigenvalue weighted by atomic mass is 10.1. The number of carbonyl (C=O) groups is 2. The van der Waals surface area contributed by atoms with Gasteiger partial charge in [0.15, 0.2) is 15.6 Å². The van der Waals surface area contributed by atoms with Crippen molar-refractivity contribution in [2.45, 2.75) is 39.2 Å². The number of hydrogen-bond donors (Lipinski definition) is 4. The van der Waals surface area contributed by atoms with Crippen LogP contribution < -0.4 is 9.80 Å². The number of aromatic nitrogens is 3. The van der Waals surface area contributed by atoms with Crippen LogP contribution >= 0.6 is 24.4 Å². The van der Waals surface area contributed by atoms with Crippen LogP contribution in [0.3, 0.4) is 0 Å². The molecule has 2 aromatic carbocycles. The highest BCUT2D eigenvalue weighted by molar-refractivity contribution is 7.72. The van der Waals surface area contributed by atoms with E-state index in [1.165, 1.54) is 5.69 Å². The van der Waals surface area contributed by atoms with Gasteiger partial charge in [0.25, 0.3) is 0 Å². The van der Waals surface area contributed by atoms with Crippen molar-refractivity contribution in [1.82, 2.24) is 19.2 Å². The van der Waals surface area contributed by atoms with E-state index in [4.69, 9.17) is 24.4 Å². The number of rotatable bonds is 9. The molecule has 10 heteroatoms. The van der Waals surface area contributed by atoms with E-state index in [1.54, 1.807) is 4.57 Å². The highest BCUT2D eigenvalue weighted by Gasteiger charge is 2.58. The largest absolute Gasteiger partial charge is 0.481 e. The van der Waals surface area contributed by atoms with Crippen LogP contribution in [-0.2, 0) is 9.59 Å². The molecule has 1 saturated heterocycles. The maximum atomic E-state index is 12.7. The molecule has 2 heterocycles. The van der Waals surface area contributed by atoms with Crippen LogP contribution in [0, 0.1) is 23.4 Å². The fourth-order valence-corrected chi connectivity index (χ4v) is 5.50. The summed E-state index contributed by atoms with van der Waals surface area (Å²) in [4.78, 5) is 24.1. The molecule has 4 rings (SSSR count). The first-order chi connectivity index (χ1) is 16.2. The molecule has 2 atom stereocenters. The van der Waals surface area contributed by atoms with Crippen molar-refractivity contribution in [3.8, 4) is 5.69 Å². The zero-order chi connectivity index (χ0) is 24.5. The minimum Gasteiger partial charge on any atom is -0.481 e. The summed E-state index contributed by atoms with van der Waals surface area (Å²) in [5.74, 6) is -0.868. The number of benzene rings is 2. The Labute approximate surface area is 207 Å². The van der Waals surface area contributed by atoms with Gasteiger partial charge in [0, 0.05) is 29.7 Å². The van der Waals surface area contributed by atoms with Gasteiger partial charge in [0.1, 0.15) is 18.7 Å². The van der Waals surface area contributed by atoms with E-state index < -0.39 is 5.97 Å². The minimum atomic E-state index is -0.781. The predicted octanol–water partition coefficient (Wildman–Crippen LogP) is 4.79. The number of anilines is 1. The molecule has 178 valence electrons. The Bertz CT molecular complexity index is 1310. The van der Waals surface area contributed by atoms with Crippen molar-refractivity contribution in [3.05, 3.63) is 63.1 Å². The molecule has 0 radical (unpaired) electrons. The number of carboxylic acids is 1. The third kappa shape index (κ3) is 4.89. The maximum absolute atomic E-state index is 12.7. The average molecular weight is 499 g/mol. The summed E-state index contributed by atoms with van der Waals surface area (Å²) in [6.45, 7) is 5.66. The van der Waals surface area contributed by atoms with Gasteiger partial charge in [-0.1, -0.05) is 24.3 Å². The second kappa shape index (κ2) is 9.65. The number of amides is 1. The van der Waals surface area contributed by atoms with Gasteiger partial charge in [0.2, 0.25) is 5.91 Å². The van der Waals surface area contributed by atoms with E-state index >= 15 is 0 Å². The zero-order valence-electron chi connectivity index (χ0n) is 19.1. The van der Waals surface area contributed by atoms with Crippen LogP contribution in [0.2, 0.25) is 0 Å². The number of hydrogen-bond acceptors (Lipinski definition) is 4. The summed E-state index contributed by atoms with van der Waals surface area (Å²) in [5.41, 5.74) is 4.94. The number of nitrogens with one attached hydrogen (secondary N) is 3. The molecular weight excluding hydrogens is 470 g/mol. The molecule has 0 spiro atoms. The molecule has 0 bridgehead atoms. The average Bonchev–Trinajstić information content (AvgIpc) is 3.31. The van der Waals surface area contributed by atoms with Gasteiger partial charge >= 0.3 is 5.97 Å². The van der Waals surface area contributed by atoms with E-state index in [-0.39, 0.29) is 18.4 Å². The minimum absolute atomic E-state index is 0.0485. The number of H-pyrrole nitrogens is 2. The molecule has 1 aliphatic rings. The normalized spacial score (nSPS) is 19.1. The topological polar surface area (TPSA) is 103 Å². The Kier molecular flexibility index (Phi) is 6.83. The SMILES string of the molecule is Cc1cccc(C)c1[N+]1(CCCC(=O)Nc2cccc(-n3c(=S)[nH][nH]c3=S)c2)CC1CC(=O)O. The van der Waals surface area contributed by atoms with Crippen molar-refractivity contribution in [2.24, 2.45) is 0 Å². The molecular formula is C24H28N5O3S2+. The number of carboxylic acid groups (broad SMARTS) is 1. The lowest BCUT2D eigenvalue weighted by Gasteiger charge is -2.24. The van der Waals surface area contributed by atoms with E-state index in [0.29, 0.717) is 32.6 Å². The number of para-hydroxylation sites is 1. The lowest BCUT2D eigenvalue weighted by molar-refractivity contribution is -0.137. The van der Waals surface area contributed by atoms with Crippen LogP contribution in [0.4, 0.5) is 11.4 Å². The highest BCUT2D eigenvalue weighted by atomic mass is 32.1. The number of aromatic amines is 2. The number of quaternary nitrogens is 1. The van der Waals surface area contributed by atoms with Gasteiger partial charge in [-0.2, -0.15) is 0 Å². The summed E-state index contributed by atoms with van der Waals surface area (Å²) in [7, 11) is 0. The fraction of sp³-hybridized carbons (Fsp3) is 0.333. The molecule has 2 unspecified atom stereocenters. The maximum Gasteiger partial charge on any atom is 0.309 e. The Hall–Kier alpha value is -3.08. The molecule has 1 aliphatic heterocycles. The predicted molar refractivity (Wildman–Crippen MR) is 137 cm³/mol. The quantitative estimate of drug-likeness (QED) is 0.193. The molecule has 4 N–H and O–H groups in total. The van der Waals surface area contributed by atoms with Gasteiger partial charge in [-0.15, -0.1) is 0 Å². The number of carbonyl (C=O) groups excluding carboxylic acids is 1. The molecule has 1 aromatic heterocycles. The summed E-state index contributed by atoms with van der Waals surface area (Å²) < 4.78 is 3.21. The first-order valence-electron chi connectivity index (χ1n) is 11.2. The van der Waals surface area contributed by atoms with Gasteiger partial charge in [-0.25, -0.2) is 0 Å². The summed E-state index contributed by atoms with van der Waals surface area (Å²) in [6, 6.07) is 13.6. The summed E-state index contributed by atoms with van der Waals surface area (Å²) in [6.07, 6.45) is 1.14.